The van der Waals surface area contributed by atoms with Gasteiger partial charge in [-0.2, -0.15) is 0 Å². The van der Waals surface area contributed by atoms with Gasteiger partial charge in [0.05, 0.1) is 12.7 Å². The molecule has 0 rings (SSSR count). The van der Waals surface area contributed by atoms with Gasteiger partial charge in [0.15, 0.2) is 24.4 Å². The molecule has 0 aromatic rings. The number of hydrogen-bond acceptors (Lipinski definition) is 11. The molecule has 0 aliphatic rings. The van der Waals surface area contributed by atoms with Crippen LogP contribution in [0.1, 0.15) is 19.3 Å². The lowest BCUT2D eigenvalue weighted by atomic mass is 10.2. The van der Waals surface area contributed by atoms with Gasteiger partial charge in [0.1, 0.15) is 0 Å². The number of carboxylic acids is 4. The molecular formula is C14H26O15. The minimum atomic E-state index is -2.27. The maximum absolute atomic E-state index is 9.77. The van der Waals surface area contributed by atoms with Crippen molar-refractivity contribution in [2.75, 3.05) is 13.2 Å². The van der Waals surface area contributed by atoms with Crippen LogP contribution in [0.3, 0.4) is 0 Å². The van der Waals surface area contributed by atoms with Gasteiger partial charge in [-0.15, -0.1) is 0 Å². The van der Waals surface area contributed by atoms with Gasteiger partial charge in [0, 0.05) is 6.61 Å². The fraction of sp³-hybridized carbons (Fsp3) is 0.714. The van der Waals surface area contributed by atoms with Gasteiger partial charge in [-0.05, 0) is 19.3 Å². The highest BCUT2D eigenvalue weighted by Gasteiger charge is 2.30. The quantitative estimate of drug-likeness (QED) is 0.136. The minimum Gasteiger partial charge on any atom is -0.479 e. The Hall–Kier alpha value is -2.40. The molecule has 0 bridgehead atoms. The summed E-state index contributed by atoms with van der Waals surface area (Å²) < 4.78 is 0. The Bertz CT molecular complexity index is 421. The molecule has 0 aromatic heterocycles. The fourth-order valence-corrected chi connectivity index (χ4v) is 1.12. The van der Waals surface area contributed by atoms with Crippen molar-refractivity contribution in [2.45, 2.75) is 49.8 Å². The zero-order valence-electron chi connectivity index (χ0n) is 15.0. The molecule has 5 atom stereocenters. The summed E-state index contributed by atoms with van der Waals surface area (Å²) in [6.45, 7) is -0.0103. The Labute approximate surface area is 163 Å². The molecule has 0 aromatic carbocycles. The van der Waals surface area contributed by atoms with Gasteiger partial charge in [-0.25, -0.2) is 19.2 Å². The van der Waals surface area contributed by atoms with E-state index in [-0.39, 0.29) is 13.2 Å². The number of unbranched alkanes of at least 4 members (excludes halogenated alkanes) is 1. The van der Waals surface area contributed by atoms with E-state index in [0.717, 1.165) is 6.42 Å². The van der Waals surface area contributed by atoms with Crippen molar-refractivity contribution >= 4 is 23.9 Å². The number of aliphatic carboxylic acids is 4. The van der Waals surface area contributed by atoms with Crippen molar-refractivity contribution in [1.82, 2.24) is 0 Å². The van der Waals surface area contributed by atoms with Gasteiger partial charge in [0.25, 0.3) is 0 Å². The first-order valence-corrected chi connectivity index (χ1v) is 7.77. The summed E-state index contributed by atoms with van der Waals surface area (Å²) in [5, 5.41) is 90.4. The molecule has 0 aliphatic heterocycles. The van der Waals surface area contributed by atoms with Crippen LogP contribution >= 0.6 is 0 Å². The molecule has 0 fully saturated rings. The van der Waals surface area contributed by atoms with Crippen LogP contribution < -0.4 is 0 Å². The molecule has 0 saturated carbocycles. The maximum Gasteiger partial charge on any atom is 0.335 e. The third kappa shape index (κ3) is 17.4. The van der Waals surface area contributed by atoms with E-state index in [1.807, 2.05) is 0 Å². The SMILES string of the molecule is O=C(O)C(O)C(O)C(=O)O.O=C(O)C(O)C(O)C(=O)O.OCCCCC(O)CO. The molecule has 0 spiro atoms. The molecule has 0 aliphatic carbocycles. The molecule has 0 saturated heterocycles. The van der Waals surface area contributed by atoms with Gasteiger partial charge in [0.2, 0.25) is 0 Å². The van der Waals surface area contributed by atoms with Gasteiger partial charge >= 0.3 is 23.9 Å². The lowest BCUT2D eigenvalue weighted by Gasteiger charge is -2.07. The van der Waals surface area contributed by atoms with Crippen LogP contribution in [0.4, 0.5) is 0 Å². The van der Waals surface area contributed by atoms with Crippen LogP contribution in [-0.2, 0) is 19.2 Å². The van der Waals surface area contributed by atoms with Crippen molar-refractivity contribution in [3.63, 3.8) is 0 Å². The molecule has 15 heteroatoms. The van der Waals surface area contributed by atoms with Crippen LogP contribution in [0.2, 0.25) is 0 Å². The van der Waals surface area contributed by atoms with E-state index < -0.39 is 54.4 Å². The summed E-state index contributed by atoms with van der Waals surface area (Å²) in [5.41, 5.74) is 0. The molecule has 172 valence electrons. The molecule has 0 heterocycles. The van der Waals surface area contributed by atoms with E-state index in [4.69, 9.17) is 56.2 Å². The zero-order chi connectivity index (χ0) is 23.7. The van der Waals surface area contributed by atoms with E-state index >= 15 is 0 Å². The lowest BCUT2D eigenvalue weighted by Crippen LogP contribution is -2.39. The van der Waals surface area contributed by atoms with E-state index in [2.05, 4.69) is 0 Å². The Morgan fingerprint density at radius 3 is 1.00 bits per heavy atom. The summed E-state index contributed by atoms with van der Waals surface area (Å²) in [6, 6.07) is 0. The topological polar surface area (TPSA) is 291 Å². The summed E-state index contributed by atoms with van der Waals surface area (Å²) in [5.74, 6) is -7.07. The normalized spacial score (nSPS) is 15.1. The molecule has 0 amide bonds. The Kier molecular flexibility index (Phi) is 19.1. The monoisotopic (exact) mass is 434 g/mol. The summed E-state index contributed by atoms with van der Waals surface area (Å²) in [7, 11) is 0. The highest BCUT2D eigenvalue weighted by molar-refractivity contribution is 5.83. The van der Waals surface area contributed by atoms with Crippen LogP contribution in [0, 0.1) is 0 Å². The van der Waals surface area contributed by atoms with E-state index in [0.29, 0.717) is 12.8 Å². The third-order valence-electron chi connectivity index (χ3n) is 2.77. The highest BCUT2D eigenvalue weighted by atomic mass is 16.4. The van der Waals surface area contributed by atoms with Crippen LogP contribution in [0.5, 0.6) is 0 Å². The number of rotatable bonds is 11. The van der Waals surface area contributed by atoms with Crippen LogP contribution in [-0.4, -0.2) is 124 Å². The Morgan fingerprint density at radius 2 is 0.828 bits per heavy atom. The molecular weight excluding hydrogens is 408 g/mol. The standard InChI is InChI=1S/C6H14O3.2C4H6O6/c7-4-2-1-3-6(9)5-8;2*5-1(3(7)8)2(6)4(9)10/h6-9H,1-5H2;2*1-2,5-6H,(H,7,8)(H,9,10). The van der Waals surface area contributed by atoms with Gasteiger partial charge in [-0.1, -0.05) is 0 Å². The second kappa shape index (κ2) is 17.7. The summed E-state index contributed by atoms with van der Waals surface area (Å²) >= 11 is 0. The second-order valence-corrected chi connectivity index (χ2v) is 5.19. The largest absolute Gasteiger partial charge is 0.479 e. The smallest absolute Gasteiger partial charge is 0.335 e. The van der Waals surface area contributed by atoms with Crippen molar-refractivity contribution in [2.24, 2.45) is 0 Å². The van der Waals surface area contributed by atoms with E-state index in [9.17, 15) is 19.2 Å². The number of aliphatic hydroxyl groups excluding tert-OH is 7. The second-order valence-electron chi connectivity index (χ2n) is 5.19. The minimum absolute atomic E-state index is 0.165. The zero-order valence-corrected chi connectivity index (χ0v) is 15.0. The summed E-state index contributed by atoms with van der Waals surface area (Å²) in [6.07, 6.45) is -7.60. The Balaban J connectivity index is -0.000000350. The van der Waals surface area contributed by atoms with Crippen molar-refractivity contribution in [1.29, 1.82) is 0 Å². The lowest BCUT2D eigenvalue weighted by molar-refractivity contribution is -0.165. The molecule has 15 nitrogen and oxygen atoms in total. The Morgan fingerprint density at radius 1 is 0.552 bits per heavy atom. The summed E-state index contributed by atoms with van der Waals surface area (Å²) in [4.78, 5) is 39.1. The average molecular weight is 434 g/mol. The number of carboxylic acid groups (broad SMARTS) is 4. The first kappa shape index (κ1) is 31.3. The van der Waals surface area contributed by atoms with Crippen molar-refractivity contribution in [3.8, 4) is 0 Å². The first-order valence-electron chi connectivity index (χ1n) is 7.77. The van der Waals surface area contributed by atoms with Crippen molar-refractivity contribution in [3.05, 3.63) is 0 Å². The molecule has 0 radical (unpaired) electrons. The predicted molar refractivity (Wildman–Crippen MR) is 88.6 cm³/mol. The predicted octanol–water partition coefficient (Wildman–Crippen LogP) is -4.74. The van der Waals surface area contributed by atoms with E-state index in [1.165, 1.54) is 0 Å². The van der Waals surface area contributed by atoms with E-state index in [1.54, 1.807) is 0 Å². The third-order valence-corrected chi connectivity index (χ3v) is 2.77. The number of hydrogen-bond donors (Lipinski definition) is 11. The average Bonchev–Trinajstić information content (AvgIpc) is 2.66. The molecule has 11 N–H and O–H groups in total. The van der Waals surface area contributed by atoms with Gasteiger partial charge in [-0.3, -0.25) is 0 Å². The molecule has 5 unspecified atom stereocenters. The number of aliphatic hydroxyl groups is 7. The van der Waals surface area contributed by atoms with Crippen molar-refractivity contribution < 1.29 is 75.3 Å². The highest BCUT2D eigenvalue weighted by Crippen LogP contribution is 1.98. The first-order chi connectivity index (χ1) is 13.2. The number of carbonyl (C=O) groups is 4. The maximum atomic E-state index is 9.77. The van der Waals surface area contributed by atoms with Crippen LogP contribution in [0.15, 0.2) is 0 Å². The van der Waals surface area contributed by atoms with Crippen LogP contribution in [0.25, 0.3) is 0 Å². The van der Waals surface area contributed by atoms with Gasteiger partial charge < -0.3 is 56.2 Å². The molecule has 29 heavy (non-hydrogen) atoms. The fourth-order valence-electron chi connectivity index (χ4n) is 1.12.